The molecular weight excluding hydrogens is 396 g/mol. The van der Waals surface area contributed by atoms with Gasteiger partial charge in [-0.1, -0.05) is 37.3 Å². The van der Waals surface area contributed by atoms with Gasteiger partial charge in [0.25, 0.3) is 5.91 Å². The molecule has 7 heteroatoms. The number of aryl methyl sites for hydroxylation is 1. The summed E-state index contributed by atoms with van der Waals surface area (Å²) < 4.78 is 5.34. The van der Waals surface area contributed by atoms with Crippen LogP contribution in [-0.2, 0) is 25.5 Å². The van der Waals surface area contributed by atoms with Crippen LogP contribution in [0.25, 0.3) is 0 Å². The highest BCUT2D eigenvalue weighted by Crippen LogP contribution is 2.29. The molecule has 1 saturated heterocycles. The summed E-state index contributed by atoms with van der Waals surface area (Å²) >= 11 is 0. The molecule has 1 aliphatic heterocycles. The monoisotopic (exact) mass is 422 g/mol. The standard InChI is InChI=1S/C24H26N2O5/c1-4-17-8-5-6-11-21(17)26-14-19(13-22(26)28)24(30)31-16(3)23(29)25-20-10-7-9-18(12-20)15(2)27/h5-12,16,19H,4,13-14H2,1-3H3,(H,25,29)/t16-,19-/m1/s1. The molecule has 0 unspecified atom stereocenters. The number of ether oxygens (including phenoxy) is 1. The van der Waals surface area contributed by atoms with Crippen LogP contribution in [0.2, 0.25) is 0 Å². The van der Waals surface area contributed by atoms with Gasteiger partial charge in [-0.05, 0) is 44.0 Å². The van der Waals surface area contributed by atoms with E-state index in [0.717, 1.165) is 17.7 Å². The van der Waals surface area contributed by atoms with Gasteiger partial charge in [0.05, 0.1) is 5.92 Å². The number of rotatable bonds is 7. The van der Waals surface area contributed by atoms with Crippen LogP contribution in [0.15, 0.2) is 48.5 Å². The second-order valence-corrected chi connectivity index (χ2v) is 7.59. The number of amides is 2. The summed E-state index contributed by atoms with van der Waals surface area (Å²) in [6.45, 7) is 5.15. The lowest BCUT2D eigenvalue weighted by Crippen LogP contribution is -2.33. The molecule has 1 fully saturated rings. The molecule has 1 N–H and O–H groups in total. The number of benzene rings is 2. The van der Waals surface area contributed by atoms with Crippen LogP contribution in [-0.4, -0.2) is 36.2 Å². The summed E-state index contributed by atoms with van der Waals surface area (Å²) in [5.41, 5.74) is 2.75. The quantitative estimate of drug-likeness (QED) is 0.545. The number of carbonyl (C=O) groups is 4. The lowest BCUT2D eigenvalue weighted by Gasteiger charge is -2.20. The van der Waals surface area contributed by atoms with Crippen molar-refractivity contribution in [2.45, 2.75) is 39.7 Å². The number of hydrogen-bond acceptors (Lipinski definition) is 5. The van der Waals surface area contributed by atoms with E-state index in [4.69, 9.17) is 4.74 Å². The number of nitrogens with zero attached hydrogens (tertiary/aromatic N) is 1. The summed E-state index contributed by atoms with van der Waals surface area (Å²) in [7, 11) is 0. The van der Waals surface area contributed by atoms with Crippen molar-refractivity contribution in [2.24, 2.45) is 5.92 Å². The highest BCUT2D eigenvalue weighted by Gasteiger charge is 2.37. The van der Waals surface area contributed by atoms with E-state index in [0.29, 0.717) is 11.3 Å². The number of anilines is 2. The number of esters is 1. The Morgan fingerprint density at radius 3 is 2.61 bits per heavy atom. The van der Waals surface area contributed by atoms with Crippen molar-refractivity contribution in [3.8, 4) is 0 Å². The summed E-state index contributed by atoms with van der Waals surface area (Å²) in [6, 6.07) is 14.1. The van der Waals surface area contributed by atoms with Gasteiger partial charge in [0, 0.05) is 29.9 Å². The van der Waals surface area contributed by atoms with Crippen LogP contribution in [0.3, 0.4) is 0 Å². The molecule has 2 aromatic rings. The van der Waals surface area contributed by atoms with Crippen molar-refractivity contribution in [1.82, 2.24) is 0 Å². The smallest absolute Gasteiger partial charge is 0.312 e. The molecule has 1 aliphatic rings. The van der Waals surface area contributed by atoms with E-state index < -0.39 is 23.9 Å². The SMILES string of the molecule is CCc1ccccc1N1C[C@H](C(=O)O[C@H](C)C(=O)Nc2cccc(C(C)=O)c2)CC1=O. The zero-order valence-corrected chi connectivity index (χ0v) is 17.9. The Morgan fingerprint density at radius 1 is 1.16 bits per heavy atom. The van der Waals surface area contributed by atoms with Gasteiger partial charge in [-0.15, -0.1) is 0 Å². The second-order valence-electron chi connectivity index (χ2n) is 7.59. The van der Waals surface area contributed by atoms with Gasteiger partial charge in [0.15, 0.2) is 11.9 Å². The summed E-state index contributed by atoms with van der Waals surface area (Å²) in [5, 5.41) is 2.65. The van der Waals surface area contributed by atoms with Crippen LogP contribution >= 0.6 is 0 Å². The van der Waals surface area contributed by atoms with E-state index in [1.165, 1.54) is 13.8 Å². The third-order valence-electron chi connectivity index (χ3n) is 5.32. The minimum absolute atomic E-state index is 0.0475. The van der Waals surface area contributed by atoms with Crippen molar-refractivity contribution >= 4 is 34.9 Å². The topological polar surface area (TPSA) is 92.8 Å². The number of nitrogens with one attached hydrogen (secondary N) is 1. The van der Waals surface area contributed by atoms with Crippen LogP contribution in [0.5, 0.6) is 0 Å². The van der Waals surface area contributed by atoms with Crippen molar-refractivity contribution in [2.75, 3.05) is 16.8 Å². The molecule has 0 spiro atoms. The van der Waals surface area contributed by atoms with Gasteiger partial charge in [-0.25, -0.2) is 0 Å². The molecule has 2 atom stereocenters. The molecule has 2 aromatic carbocycles. The fourth-order valence-electron chi connectivity index (χ4n) is 3.56. The normalized spacial score (nSPS) is 16.7. The first kappa shape index (κ1) is 22.2. The lowest BCUT2D eigenvalue weighted by molar-refractivity contribution is -0.157. The summed E-state index contributed by atoms with van der Waals surface area (Å²) in [6.07, 6.45) is -0.219. The van der Waals surface area contributed by atoms with Gasteiger partial charge >= 0.3 is 5.97 Å². The van der Waals surface area contributed by atoms with Crippen LogP contribution in [0.1, 0.15) is 43.1 Å². The molecule has 0 aromatic heterocycles. The molecule has 3 rings (SSSR count). The first-order valence-electron chi connectivity index (χ1n) is 10.3. The highest BCUT2D eigenvalue weighted by atomic mass is 16.5. The van der Waals surface area contributed by atoms with E-state index in [9.17, 15) is 19.2 Å². The van der Waals surface area contributed by atoms with E-state index in [2.05, 4.69) is 5.32 Å². The van der Waals surface area contributed by atoms with E-state index >= 15 is 0 Å². The van der Waals surface area contributed by atoms with Crippen molar-refractivity contribution in [3.63, 3.8) is 0 Å². The van der Waals surface area contributed by atoms with Crippen molar-refractivity contribution in [3.05, 3.63) is 59.7 Å². The number of Topliss-reactive ketones (excluding diaryl/α,β-unsaturated/α-hetero) is 1. The number of hydrogen-bond donors (Lipinski definition) is 1. The maximum atomic E-state index is 12.6. The Kier molecular flexibility index (Phi) is 6.84. The Morgan fingerprint density at radius 2 is 1.90 bits per heavy atom. The highest BCUT2D eigenvalue weighted by molar-refractivity contribution is 6.01. The van der Waals surface area contributed by atoms with Crippen molar-refractivity contribution in [1.29, 1.82) is 0 Å². The Balaban J connectivity index is 1.61. The zero-order chi connectivity index (χ0) is 22.5. The summed E-state index contributed by atoms with van der Waals surface area (Å²) in [5.74, 6) is -1.97. The molecule has 0 bridgehead atoms. The van der Waals surface area contributed by atoms with E-state index in [1.54, 1.807) is 29.2 Å². The minimum Gasteiger partial charge on any atom is -0.452 e. The molecular formula is C24H26N2O5. The molecule has 31 heavy (non-hydrogen) atoms. The maximum absolute atomic E-state index is 12.6. The van der Waals surface area contributed by atoms with Gasteiger partial charge < -0.3 is 15.0 Å². The van der Waals surface area contributed by atoms with Crippen LogP contribution in [0.4, 0.5) is 11.4 Å². The second kappa shape index (κ2) is 9.55. The molecule has 7 nitrogen and oxygen atoms in total. The molecule has 162 valence electrons. The minimum atomic E-state index is -1.04. The zero-order valence-electron chi connectivity index (χ0n) is 17.9. The van der Waals surface area contributed by atoms with E-state index in [-0.39, 0.29) is 24.7 Å². The maximum Gasteiger partial charge on any atom is 0.312 e. The molecule has 1 heterocycles. The molecule has 0 saturated carbocycles. The number of carbonyl (C=O) groups excluding carboxylic acids is 4. The predicted molar refractivity (Wildman–Crippen MR) is 117 cm³/mol. The predicted octanol–water partition coefficient (Wildman–Crippen LogP) is 3.37. The fraction of sp³-hybridized carbons (Fsp3) is 0.333. The third kappa shape index (κ3) is 5.17. The Bertz CT molecular complexity index is 1020. The summed E-state index contributed by atoms with van der Waals surface area (Å²) in [4.78, 5) is 50.7. The van der Waals surface area contributed by atoms with Crippen LogP contribution in [0, 0.1) is 5.92 Å². The Hall–Kier alpha value is -3.48. The molecule has 2 amide bonds. The van der Waals surface area contributed by atoms with Gasteiger partial charge in [0.2, 0.25) is 5.91 Å². The lowest BCUT2D eigenvalue weighted by atomic mass is 10.1. The molecule has 0 radical (unpaired) electrons. The van der Waals surface area contributed by atoms with Gasteiger partial charge in [0.1, 0.15) is 0 Å². The third-order valence-corrected chi connectivity index (χ3v) is 5.32. The first-order chi connectivity index (χ1) is 14.8. The number of ketones is 1. The van der Waals surface area contributed by atoms with E-state index in [1.807, 2.05) is 31.2 Å². The largest absolute Gasteiger partial charge is 0.452 e. The number of para-hydroxylation sites is 1. The Labute approximate surface area is 181 Å². The molecule has 0 aliphatic carbocycles. The van der Waals surface area contributed by atoms with Crippen molar-refractivity contribution < 1.29 is 23.9 Å². The average molecular weight is 422 g/mol. The fourth-order valence-corrected chi connectivity index (χ4v) is 3.56. The van der Waals surface area contributed by atoms with Crippen LogP contribution < -0.4 is 10.2 Å². The first-order valence-corrected chi connectivity index (χ1v) is 10.3. The van der Waals surface area contributed by atoms with Gasteiger partial charge in [-0.2, -0.15) is 0 Å². The average Bonchev–Trinajstić information content (AvgIpc) is 3.15. The van der Waals surface area contributed by atoms with Gasteiger partial charge in [-0.3, -0.25) is 19.2 Å².